The van der Waals surface area contributed by atoms with Crippen molar-refractivity contribution >= 4 is 50.1 Å². The molecule has 0 radical (unpaired) electrons. The molecule has 0 spiro atoms. The maximum absolute atomic E-state index is 12.3. The number of ether oxygens (including phenoxy) is 2. The van der Waals surface area contributed by atoms with Gasteiger partial charge in [-0.05, 0) is 35.9 Å². The number of nitrogens with zero attached hydrogens (tertiary/aromatic N) is 3. The van der Waals surface area contributed by atoms with Crippen LogP contribution in [0.3, 0.4) is 0 Å². The van der Waals surface area contributed by atoms with E-state index in [1.807, 2.05) is 18.2 Å². The first-order valence-electron chi connectivity index (χ1n) is 9.33. The zero-order valence-corrected chi connectivity index (χ0v) is 19.6. The van der Waals surface area contributed by atoms with Crippen molar-refractivity contribution in [3.05, 3.63) is 64.7 Å². The Morgan fingerprint density at radius 2 is 1.88 bits per heavy atom. The van der Waals surface area contributed by atoms with Gasteiger partial charge < -0.3 is 9.47 Å². The molecule has 0 fully saturated rings. The Bertz CT molecular complexity index is 1310. The van der Waals surface area contributed by atoms with Crippen molar-refractivity contribution in [1.82, 2.24) is 9.36 Å². The summed E-state index contributed by atoms with van der Waals surface area (Å²) in [5.74, 6) is 0.428. The number of benzene rings is 2. The fraction of sp³-hybridized carbons (Fsp3) is 0.143. The smallest absolute Gasteiger partial charge is 0.268 e. The highest BCUT2D eigenvalue weighted by molar-refractivity contribution is 7.90. The van der Waals surface area contributed by atoms with E-state index in [2.05, 4.69) is 14.7 Å². The van der Waals surface area contributed by atoms with Crippen molar-refractivity contribution in [3.8, 4) is 17.6 Å². The van der Waals surface area contributed by atoms with Crippen LogP contribution >= 0.6 is 23.1 Å². The van der Waals surface area contributed by atoms with Crippen molar-refractivity contribution in [2.24, 2.45) is 0 Å². The molecule has 3 rings (SSSR count). The van der Waals surface area contributed by atoms with E-state index in [-0.39, 0.29) is 10.7 Å². The van der Waals surface area contributed by atoms with Crippen LogP contribution in [0, 0.1) is 11.3 Å². The van der Waals surface area contributed by atoms with Crippen molar-refractivity contribution in [2.45, 2.75) is 5.16 Å². The number of aromatic nitrogens is 2. The number of carbonyl (C=O) groups is 1. The predicted molar refractivity (Wildman–Crippen MR) is 124 cm³/mol. The molecule has 33 heavy (non-hydrogen) atoms. The maximum Gasteiger partial charge on any atom is 0.268 e. The van der Waals surface area contributed by atoms with Gasteiger partial charge in [-0.25, -0.2) is 8.42 Å². The minimum absolute atomic E-state index is 0.0238. The second-order valence-electron chi connectivity index (χ2n) is 6.47. The lowest BCUT2D eigenvalue weighted by Gasteiger charge is -2.09. The number of para-hydroxylation sites is 1. The fourth-order valence-corrected chi connectivity index (χ4v) is 4.05. The third kappa shape index (κ3) is 7.01. The van der Waals surface area contributed by atoms with Gasteiger partial charge in [0.1, 0.15) is 36.4 Å². The third-order valence-electron chi connectivity index (χ3n) is 3.96. The lowest BCUT2D eigenvalue weighted by atomic mass is 10.1. The molecule has 12 heteroatoms. The van der Waals surface area contributed by atoms with E-state index >= 15 is 0 Å². The molecule has 1 aromatic heterocycles. The molecular weight excluding hydrogens is 488 g/mol. The van der Waals surface area contributed by atoms with Gasteiger partial charge in [-0.1, -0.05) is 35.9 Å². The van der Waals surface area contributed by atoms with Gasteiger partial charge in [0.2, 0.25) is 15.0 Å². The summed E-state index contributed by atoms with van der Waals surface area (Å²) in [5, 5.41) is 11.8. The van der Waals surface area contributed by atoms with Gasteiger partial charge in [-0.15, -0.1) is 0 Å². The lowest BCUT2D eigenvalue weighted by molar-refractivity contribution is -0.112. The number of sulfone groups is 1. The zero-order valence-electron chi connectivity index (χ0n) is 17.2. The van der Waals surface area contributed by atoms with Crippen LogP contribution in [0.5, 0.6) is 11.5 Å². The number of amides is 1. The molecule has 170 valence electrons. The van der Waals surface area contributed by atoms with Gasteiger partial charge in [0.05, 0.1) is 5.02 Å². The van der Waals surface area contributed by atoms with Crippen LogP contribution in [0.1, 0.15) is 5.56 Å². The van der Waals surface area contributed by atoms with Crippen LogP contribution in [0.4, 0.5) is 5.13 Å². The van der Waals surface area contributed by atoms with Crippen LogP contribution < -0.4 is 14.8 Å². The Morgan fingerprint density at radius 3 is 2.52 bits per heavy atom. The highest BCUT2D eigenvalue weighted by Crippen LogP contribution is 2.23. The maximum atomic E-state index is 12.3. The van der Waals surface area contributed by atoms with Gasteiger partial charge >= 0.3 is 0 Å². The second-order valence-corrected chi connectivity index (χ2v) is 9.54. The molecule has 0 aliphatic rings. The number of rotatable bonds is 9. The van der Waals surface area contributed by atoms with Crippen LogP contribution in [0.15, 0.2) is 59.3 Å². The van der Waals surface area contributed by atoms with Gasteiger partial charge in [-0.3, -0.25) is 10.1 Å². The molecular formula is C21H17ClN4O5S2. The number of carbonyl (C=O) groups excluding carboxylic acids is 1. The van der Waals surface area contributed by atoms with E-state index in [1.54, 1.807) is 36.4 Å². The van der Waals surface area contributed by atoms with E-state index in [0.717, 1.165) is 6.26 Å². The summed E-state index contributed by atoms with van der Waals surface area (Å²) in [5.41, 5.74) is 0.406. The number of anilines is 1. The van der Waals surface area contributed by atoms with Crippen LogP contribution in [-0.4, -0.2) is 43.2 Å². The molecule has 1 N–H and O–H groups in total. The molecule has 0 unspecified atom stereocenters. The highest BCUT2D eigenvalue weighted by atomic mass is 35.5. The van der Waals surface area contributed by atoms with Gasteiger partial charge in [0, 0.05) is 17.8 Å². The Kier molecular flexibility index (Phi) is 8.00. The van der Waals surface area contributed by atoms with Crippen LogP contribution in [-0.2, 0) is 14.6 Å². The van der Waals surface area contributed by atoms with Crippen molar-refractivity contribution in [1.29, 1.82) is 5.26 Å². The predicted octanol–water partition coefficient (Wildman–Crippen LogP) is 3.60. The van der Waals surface area contributed by atoms with Crippen molar-refractivity contribution in [3.63, 3.8) is 0 Å². The summed E-state index contributed by atoms with van der Waals surface area (Å²) in [6.45, 7) is 0.598. The molecule has 0 saturated heterocycles. The molecule has 9 nitrogen and oxygen atoms in total. The van der Waals surface area contributed by atoms with Crippen molar-refractivity contribution in [2.75, 3.05) is 24.8 Å². The highest BCUT2D eigenvalue weighted by Gasteiger charge is 2.17. The first kappa shape index (κ1) is 24.2. The molecule has 0 aliphatic carbocycles. The van der Waals surface area contributed by atoms with Gasteiger partial charge in [0.15, 0.2) is 0 Å². The molecule has 0 atom stereocenters. The minimum Gasteiger partial charge on any atom is -0.490 e. The Balaban J connectivity index is 1.55. The second kappa shape index (κ2) is 10.9. The molecule has 2 aromatic carbocycles. The van der Waals surface area contributed by atoms with E-state index < -0.39 is 20.9 Å². The molecule has 0 saturated carbocycles. The molecule has 0 bridgehead atoms. The first-order chi connectivity index (χ1) is 15.8. The number of hydrogen-bond acceptors (Lipinski definition) is 9. The first-order valence-corrected chi connectivity index (χ1v) is 12.4. The summed E-state index contributed by atoms with van der Waals surface area (Å²) in [6.07, 6.45) is 2.35. The van der Waals surface area contributed by atoms with E-state index in [9.17, 15) is 18.5 Å². The van der Waals surface area contributed by atoms with Crippen molar-refractivity contribution < 1.29 is 22.7 Å². The molecule has 1 amide bonds. The van der Waals surface area contributed by atoms with E-state index in [0.29, 0.717) is 46.8 Å². The Morgan fingerprint density at radius 1 is 1.18 bits per heavy atom. The molecule has 3 aromatic rings. The average Bonchev–Trinajstić information content (AvgIpc) is 3.26. The summed E-state index contributed by atoms with van der Waals surface area (Å²) < 4.78 is 37.7. The van der Waals surface area contributed by atoms with Gasteiger partial charge in [-0.2, -0.15) is 14.6 Å². The third-order valence-corrected chi connectivity index (χ3v) is 5.87. The summed E-state index contributed by atoms with van der Waals surface area (Å²) >= 11 is 6.73. The Hall–Kier alpha value is -3.46. The SMILES string of the molecule is CS(=O)(=O)c1nsc(NC(=O)C(C#N)=Cc2ccc(OCCOc3ccccc3Cl)cc2)n1. The standard InChI is InChI=1S/C21H17ClN4O5S2/c1-33(28,29)21-25-20(32-26-21)24-19(27)15(13-23)12-14-6-8-16(9-7-14)30-10-11-31-18-5-3-2-4-17(18)22/h2-9,12H,10-11H2,1H3,(H,24,25,26,27). The monoisotopic (exact) mass is 504 g/mol. The summed E-state index contributed by atoms with van der Waals surface area (Å²) in [4.78, 5) is 16.1. The lowest BCUT2D eigenvalue weighted by Crippen LogP contribution is -2.13. The van der Waals surface area contributed by atoms with Gasteiger partial charge in [0.25, 0.3) is 11.1 Å². The largest absolute Gasteiger partial charge is 0.490 e. The van der Waals surface area contributed by atoms with Crippen LogP contribution in [0.25, 0.3) is 6.08 Å². The van der Waals surface area contributed by atoms with E-state index in [4.69, 9.17) is 21.1 Å². The number of halogens is 1. The van der Waals surface area contributed by atoms with E-state index in [1.165, 1.54) is 6.08 Å². The number of nitrogens with one attached hydrogen (secondary N) is 1. The topological polar surface area (TPSA) is 131 Å². The fourth-order valence-electron chi connectivity index (χ4n) is 2.42. The summed E-state index contributed by atoms with van der Waals surface area (Å²) in [7, 11) is -3.59. The zero-order chi connectivity index (χ0) is 23.8. The normalized spacial score (nSPS) is 11.5. The minimum atomic E-state index is -3.59. The number of hydrogen-bond donors (Lipinski definition) is 1. The quantitative estimate of drug-likeness (QED) is 0.265. The summed E-state index contributed by atoms with van der Waals surface area (Å²) in [6, 6.07) is 15.7. The number of nitriles is 1. The Labute approximate surface area is 199 Å². The average molecular weight is 505 g/mol. The van der Waals surface area contributed by atoms with Crippen LogP contribution in [0.2, 0.25) is 5.02 Å². The molecule has 0 aliphatic heterocycles. The molecule has 1 heterocycles.